The molecule has 1 unspecified atom stereocenters. The maximum atomic E-state index is 12.4. The van der Waals surface area contributed by atoms with Gasteiger partial charge in [0.2, 0.25) is 0 Å². The maximum absolute atomic E-state index is 12.4. The molecular weight excluding hydrogens is 386 g/mol. The first-order valence-electron chi connectivity index (χ1n) is 6.20. The second kappa shape index (κ2) is 7.60. The maximum Gasteiger partial charge on any atom is 0.387 e. The fourth-order valence-electron chi connectivity index (χ4n) is 1.80. The van der Waals surface area contributed by atoms with Crippen LogP contribution in [0.3, 0.4) is 0 Å². The van der Waals surface area contributed by atoms with Gasteiger partial charge in [0.25, 0.3) is 0 Å². The Bertz CT molecular complexity index is 655. The van der Waals surface area contributed by atoms with Crippen LogP contribution in [0.5, 0.6) is 11.5 Å². The minimum Gasteiger partial charge on any atom is -0.431 e. The van der Waals surface area contributed by atoms with Gasteiger partial charge in [-0.1, -0.05) is 6.07 Å². The molecule has 0 bridgehead atoms. The zero-order chi connectivity index (χ0) is 17.0. The van der Waals surface area contributed by atoms with Crippen LogP contribution in [0.4, 0.5) is 17.6 Å². The van der Waals surface area contributed by atoms with E-state index in [1.807, 2.05) is 0 Å². The predicted molar refractivity (Wildman–Crippen MR) is 75.7 cm³/mol. The van der Waals surface area contributed by atoms with Crippen molar-refractivity contribution in [2.45, 2.75) is 19.3 Å². The molecule has 0 saturated heterocycles. The van der Waals surface area contributed by atoms with Crippen molar-refractivity contribution >= 4 is 15.9 Å². The Kier molecular flexibility index (Phi) is 5.78. The molecule has 0 spiro atoms. The van der Waals surface area contributed by atoms with Crippen LogP contribution in [0.1, 0.15) is 17.4 Å². The van der Waals surface area contributed by atoms with Gasteiger partial charge in [0, 0.05) is 10.7 Å². The van der Waals surface area contributed by atoms with E-state index in [-0.39, 0.29) is 11.3 Å². The molecule has 2 aromatic rings. The Labute approximate surface area is 136 Å². The van der Waals surface area contributed by atoms with Crippen LogP contribution in [0.2, 0.25) is 0 Å². The molecule has 1 aromatic carbocycles. The minimum absolute atomic E-state index is 0.136. The van der Waals surface area contributed by atoms with E-state index in [0.717, 1.165) is 12.1 Å². The van der Waals surface area contributed by atoms with Gasteiger partial charge >= 0.3 is 13.2 Å². The SMILES string of the molecule is OC(c1ccc(OC(F)F)c(OC(F)F)c1)c1ccc(Br)cn1. The number of ether oxygens (including phenoxy) is 2. The third-order valence-electron chi connectivity index (χ3n) is 2.75. The van der Waals surface area contributed by atoms with E-state index in [1.54, 1.807) is 6.07 Å². The lowest BCUT2D eigenvalue weighted by Gasteiger charge is -2.15. The van der Waals surface area contributed by atoms with Gasteiger partial charge in [0.15, 0.2) is 11.5 Å². The van der Waals surface area contributed by atoms with Gasteiger partial charge < -0.3 is 14.6 Å². The van der Waals surface area contributed by atoms with Crippen LogP contribution < -0.4 is 9.47 Å². The molecule has 1 N–H and O–H groups in total. The number of aromatic nitrogens is 1. The summed E-state index contributed by atoms with van der Waals surface area (Å²) in [5.74, 6) is -1.16. The Hall–Kier alpha value is -1.87. The Morgan fingerprint density at radius 1 is 0.957 bits per heavy atom. The third-order valence-corrected chi connectivity index (χ3v) is 3.22. The van der Waals surface area contributed by atoms with Crippen molar-refractivity contribution in [2.75, 3.05) is 0 Å². The van der Waals surface area contributed by atoms with E-state index in [9.17, 15) is 22.7 Å². The number of aliphatic hydroxyl groups is 1. The van der Waals surface area contributed by atoms with Crippen LogP contribution in [0.15, 0.2) is 41.0 Å². The molecule has 4 nitrogen and oxygen atoms in total. The second-order valence-corrected chi connectivity index (χ2v) is 5.18. The summed E-state index contributed by atoms with van der Waals surface area (Å²) in [7, 11) is 0. The van der Waals surface area contributed by atoms with Gasteiger partial charge in [-0.05, 0) is 45.8 Å². The number of pyridine rings is 1. The molecule has 1 heterocycles. The number of halogens is 5. The number of hydrogen-bond donors (Lipinski definition) is 1. The van der Waals surface area contributed by atoms with Crippen LogP contribution in [-0.2, 0) is 0 Å². The Morgan fingerprint density at radius 2 is 1.61 bits per heavy atom. The standard InChI is InChI=1S/C14H10BrF4NO3/c15-8-2-3-9(20-6-8)12(21)7-1-4-10(22-13(16)17)11(5-7)23-14(18)19/h1-6,12-14,21H. The monoisotopic (exact) mass is 395 g/mol. The van der Waals surface area contributed by atoms with Crippen LogP contribution in [0.25, 0.3) is 0 Å². The van der Waals surface area contributed by atoms with E-state index in [1.165, 1.54) is 18.3 Å². The molecule has 0 aliphatic carbocycles. The summed E-state index contributed by atoms with van der Waals surface area (Å²) in [6.45, 7) is -6.42. The molecule has 2 rings (SSSR count). The first-order chi connectivity index (χ1) is 10.9. The zero-order valence-corrected chi connectivity index (χ0v) is 12.9. The Morgan fingerprint density at radius 3 is 2.17 bits per heavy atom. The fourth-order valence-corrected chi connectivity index (χ4v) is 2.03. The number of nitrogens with zero attached hydrogens (tertiary/aromatic N) is 1. The fraction of sp³-hybridized carbons (Fsp3) is 0.214. The van der Waals surface area contributed by atoms with Crippen LogP contribution in [-0.4, -0.2) is 23.3 Å². The van der Waals surface area contributed by atoms with Crippen molar-refractivity contribution in [3.8, 4) is 11.5 Å². The zero-order valence-electron chi connectivity index (χ0n) is 11.3. The number of aliphatic hydroxyl groups excluding tert-OH is 1. The molecule has 1 aromatic heterocycles. The molecule has 0 radical (unpaired) electrons. The molecular formula is C14H10BrF4NO3. The summed E-state index contributed by atoms with van der Waals surface area (Å²) in [4.78, 5) is 3.98. The van der Waals surface area contributed by atoms with E-state index in [0.29, 0.717) is 4.47 Å². The smallest absolute Gasteiger partial charge is 0.387 e. The summed E-state index contributed by atoms with van der Waals surface area (Å²) >= 11 is 3.19. The predicted octanol–water partition coefficient (Wildman–Crippen LogP) is 4.13. The normalized spacial score (nSPS) is 12.5. The van der Waals surface area contributed by atoms with Crippen molar-refractivity contribution in [1.29, 1.82) is 0 Å². The minimum atomic E-state index is -3.23. The van der Waals surface area contributed by atoms with Crippen LogP contribution in [0, 0.1) is 0 Å². The molecule has 0 amide bonds. The molecule has 9 heteroatoms. The summed E-state index contributed by atoms with van der Waals surface area (Å²) in [6.07, 6.45) is 0.201. The molecule has 0 aliphatic heterocycles. The second-order valence-electron chi connectivity index (χ2n) is 4.27. The van der Waals surface area contributed by atoms with Crippen molar-refractivity contribution in [1.82, 2.24) is 4.98 Å². The first kappa shape index (κ1) is 17.5. The molecule has 0 fully saturated rings. The van der Waals surface area contributed by atoms with Crippen molar-refractivity contribution in [3.63, 3.8) is 0 Å². The summed E-state index contributed by atoms with van der Waals surface area (Å²) in [5, 5.41) is 10.2. The summed E-state index contributed by atoms with van der Waals surface area (Å²) in [5.41, 5.74) is 0.385. The van der Waals surface area contributed by atoms with Crippen molar-refractivity contribution in [3.05, 3.63) is 52.3 Å². The summed E-state index contributed by atoms with van der Waals surface area (Å²) < 4.78 is 58.3. The molecule has 0 aliphatic rings. The van der Waals surface area contributed by atoms with Gasteiger partial charge in [-0.25, -0.2) is 0 Å². The van der Waals surface area contributed by atoms with Gasteiger partial charge in [0.05, 0.1) is 5.69 Å². The number of rotatable bonds is 6. The number of hydrogen-bond acceptors (Lipinski definition) is 4. The van der Waals surface area contributed by atoms with Gasteiger partial charge in [-0.15, -0.1) is 0 Å². The quantitative estimate of drug-likeness (QED) is 0.747. The van der Waals surface area contributed by atoms with E-state index in [2.05, 4.69) is 30.4 Å². The van der Waals surface area contributed by atoms with Crippen LogP contribution >= 0.6 is 15.9 Å². The molecule has 1 atom stereocenters. The van der Waals surface area contributed by atoms with E-state index < -0.39 is 30.8 Å². The molecule has 23 heavy (non-hydrogen) atoms. The van der Waals surface area contributed by atoms with Crippen molar-refractivity contribution < 1.29 is 32.1 Å². The number of alkyl halides is 4. The average molecular weight is 396 g/mol. The number of benzene rings is 1. The lowest BCUT2D eigenvalue weighted by atomic mass is 10.1. The average Bonchev–Trinajstić information content (AvgIpc) is 2.48. The first-order valence-corrected chi connectivity index (χ1v) is 6.99. The lowest BCUT2D eigenvalue weighted by Crippen LogP contribution is -2.09. The largest absolute Gasteiger partial charge is 0.431 e. The van der Waals surface area contributed by atoms with Gasteiger partial charge in [-0.2, -0.15) is 17.6 Å². The highest BCUT2D eigenvalue weighted by Gasteiger charge is 2.19. The third kappa shape index (κ3) is 4.80. The highest BCUT2D eigenvalue weighted by atomic mass is 79.9. The molecule has 0 saturated carbocycles. The van der Waals surface area contributed by atoms with Crippen molar-refractivity contribution in [2.24, 2.45) is 0 Å². The van der Waals surface area contributed by atoms with E-state index in [4.69, 9.17) is 0 Å². The Balaban J connectivity index is 2.33. The lowest BCUT2D eigenvalue weighted by molar-refractivity contribution is -0.0693. The van der Waals surface area contributed by atoms with Gasteiger partial charge in [-0.3, -0.25) is 4.98 Å². The summed E-state index contributed by atoms with van der Waals surface area (Å²) in [6, 6.07) is 6.42. The topological polar surface area (TPSA) is 51.6 Å². The highest BCUT2D eigenvalue weighted by Crippen LogP contribution is 2.34. The molecule has 124 valence electrons. The highest BCUT2D eigenvalue weighted by molar-refractivity contribution is 9.10. The van der Waals surface area contributed by atoms with Gasteiger partial charge in [0.1, 0.15) is 6.10 Å². The van der Waals surface area contributed by atoms with E-state index >= 15 is 0 Å².